The first kappa shape index (κ1) is 17.3. The molecule has 4 N–H and O–H groups in total. The van der Waals surface area contributed by atoms with Crippen molar-refractivity contribution in [3.05, 3.63) is 0 Å². The molecule has 6 heteroatoms. The molecule has 1 aliphatic rings. The Balaban J connectivity index is 3.60. The Hall–Kier alpha value is -0.750. The summed E-state index contributed by atoms with van der Waals surface area (Å²) in [4.78, 5) is 23.9. The lowest BCUT2D eigenvalue weighted by atomic mass is 9.60. The summed E-state index contributed by atoms with van der Waals surface area (Å²) in [5.74, 6) is -2.46. The van der Waals surface area contributed by atoms with Crippen LogP contribution in [0.1, 0.15) is 47.5 Å². The van der Waals surface area contributed by atoms with E-state index in [1.807, 2.05) is 27.7 Å². The van der Waals surface area contributed by atoms with Gasteiger partial charge in [-0.15, -0.1) is 11.8 Å². The highest BCUT2D eigenvalue weighted by molar-refractivity contribution is 8.02. The third-order valence-corrected chi connectivity index (χ3v) is 6.87. The lowest BCUT2D eigenvalue weighted by molar-refractivity contribution is -0.158. The topological polar surface area (TPSA) is 101 Å². The van der Waals surface area contributed by atoms with E-state index >= 15 is 0 Å². The zero-order valence-electron chi connectivity index (χ0n) is 12.8. The van der Waals surface area contributed by atoms with Gasteiger partial charge in [-0.05, 0) is 11.8 Å². The summed E-state index contributed by atoms with van der Waals surface area (Å²) in [6, 6.07) is 0. The summed E-state index contributed by atoms with van der Waals surface area (Å²) in [7, 11) is 0. The van der Waals surface area contributed by atoms with Gasteiger partial charge in [0.15, 0.2) is 0 Å². The van der Waals surface area contributed by atoms with Gasteiger partial charge in [0.2, 0.25) is 0 Å². The van der Waals surface area contributed by atoms with Gasteiger partial charge in [-0.1, -0.05) is 41.0 Å². The minimum atomic E-state index is -1.19. The predicted molar refractivity (Wildman–Crippen MR) is 79.5 cm³/mol. The highest BCUT2D eigenvalue weighted by atomic mass is 32.2. The summed E-state index contributed by atoms with van der Waals surface area (Å²) in [5, 5.41) is 18.9. The standard InChI is InChI=1S/C14H25NO4S/c1-6-8-13(7-2,10(16)17)9(15)20-14(8,11(18)19)12(3,4)5/h8-9H,6-7,15H2,1-5H3,(H,16,17)(H,18,19). The number of carboxylic acid groups (broad SMARTS) is 2. The second kappa shape index (κ2) is 5.22. The number of thioether (sulfide) groups is 1. The number of carboxylic acids is 2. The quantitative estimate of drug-likeness (QED) is 0.737. The fourth-order valence-electron chi connectivity index (χ4n) is 3.69. The number of nitrogens with two attached hydrogens (primary N) is 1. The maximum absolute atomic E-state index is 12.0. The Morgan fingerprint density at radius 3 is 1.95 bits per heavy atom. The smallest absolute Gasteiger partial charge is 0.320 e. The van der Waals surface area contributed by atoms with Crippen molar-refractivity contribution in [1.29, 1.82) is 0 Å². The molecule has 20 heavy (non-hydrogen) atoms. The van der Waals surface area contributed by atoms with Gasteiger partial charge >= 0.3 is 11.9 Å². The van der Waals surface area contributed by atoms with Gasteiger partial charge in [0.1, 0.15) is 4.75 Å². The van der Waals surface area contributed by atoms with Crippen LogP contribution < -0.4 is 5.73 Å². The van der Waals surface area contributed by atoms with Crippen molar-refractivity contribution in [2.75, 3.05) is 0 Å². The molecule has 0 aliphatic carbocycles. The zero-order chi connectivity index (χ0) is 15.9. The summed E-state index contributed by atoms with van der Waals surface area (Å²) in [5.41, 5.74) is 4.34. The first-order valence-electron chi connectivity index (χ1n) is 6.92. The Morgan fingerprint density at radius 2 is 1.70 bits per heavy atom. The molecule has 0 amide bonds. The maximum Gasteiger partial charge on any atom is 0.320 e. The number of hydrogen-bond donors (Lipinski definition) is 3. The second-order valence-corrected chi connectivity index (χ2v) is 7.88. The summed E-state index contributed by atoms with van der Waals surface area (Å²) >= 11 is 1.12. The van der Waals surface area contributed by atoms with Crippen molar-refractivity contribution in [2.45, 2.75) is 57.6 Å². The molecule has 116 valence electrons. The fraction of sp³-hybridized carbons (Fsp3) is 0.857. The van der Waals surface area contributed by atoms with E-state index in [0.29, 0.717) is 12.8 Å². The zero-order valence-corrected chi connectivity index (χ0v) is 13.6. The van der Waals surface area contributed by atoms with Crippen LogP contribution in [0.25, 0.3) is 0 Å². The van der Waals surface area contributed by atoms with E-state index in [1.54, 1.807) is 6.92 Å². The molecule has 4 unspecified atom stereocenters. The molecule has 0 radical (unpaired) electrons. The van der Waals surface area contributed by atoms with Gasteiger partial charge in [0, 0.05) is 5.92 Å². The molecule has 1 rings (SSSR count). The molecule has 1 heterocycles. The van der Waals surface area contributed by atoms with Gasteiger partial charge < -0.3 is 15.9 Å². The molecule has 1 fully saturated rings. The summed E-state index contributed by atoms with van der Waals surface area (Å²) < 4.78 is -1.18. The van der Waals surface area contributed by atoms with Crippen molar-refractivity contribution in [2.24, 2.45) is 22.5 Å². The number of carbonyl (C=O) groups is 2. The van der Waals surface area contributed by atoms with Crippen LogP contribution in [0.3, 0.4) is 0 Å². The molecule has 0 aromatic carbocycles. The number of rotatable bonds is 4. The Bertz CT molecular complexity index is 420. The van der Waals surface area contributed by atoms with Gasteiger partial charge in [-0.25, -0.2) is 0 Å². The van der Waals surface area contributed by atoms with Crippen molar-refractivity contribution >= 4 is 23.7 Å². The fourth-order valence-corrected chi connectivity index (χ4v) is 5.73. The van der Waals surface area contributed by atoms with Crippen LogP contribution in [-0.2, 0) is 9.59 Å². The number of aliphatic carboxylic acids is 2. The summed E-state index contributed by atoms with van der Waals surface area (Å²) in [6.07, 6.45) is 0.810. The average Bonchev–Trinajstić information content (AvgIpc) is 2.58. The van der Waals surface area contributed by atoms with Gasteiger partial charge in [0.25, 0.3) is 0 Å². The molecule has 0 aromatic heterocycles. The molecule has 4 atom stereocenters. The van der Waals surface area contributed by atoms with Crippen molar-refractivity contribution in [3.63, 3.8) is 0 Å². The first-order chi connectivity index (χ1) is 9.02. The van der Waals surface area contributed by atoms with E-state index in [4.69, 9.17) is 5.73 Å². The maximum atomic E-state index is 12.0. The van der Waals surface area contributed by atoms with Crippen LogP contribution in [0.5, 0.6) is 0 Å². The monoisotopic (exact) mass is 303 g/mol. The van der Waals surface area contributed by atoms with Crippen LogP contribution in [0.4, 0.5) is 0 Å². The predicted octanol–water partition coefficient (Wildman–Crippen LogP) is 2.39. The molecule has 0 aromatic rings. The van der Waals surface area contributed by atoms with Crippen LogP contribution in [-0.4, -0.2) is 32.3 Å². The highest BCUT2D eigenvalue weighted by Crippen LogP contribution is 2.65. The molecular formula is C14H25NO4S. The molecule has 5 nitrogen and oxygen atoms in total. The normalized spacial score (nSPS) is 37.9. The van der Waals surface area contributed by atoms with E-state index in [9.17, 15) is 19.8 Å². The van der Waals surface area contributed by atoms with Gasteiger partial charge in [0.05, 0.1) is 10.8 Å². The Morgan fingerprint density at radius 1 is 1.20 bits per heavy atom. The van der Waals surface area contributed by atoms with E-state index in [0.717, 1.165) is 11.8 Å². The summed E-state index contributed by atoms with van der Waals surface area (Å²) in [6.45, 7) is 9.16. The average molecular weight is 303 g/mol. The molecule has 0 saturated carbocycles. The lowest BCUT2D eigenvalue weighted by Crippen LogP contribution is -2.55. The third-order valence-electron chi connectivity index (χ3n) is 4.76. The Labute approximate surface area is 124 Å². The van der Waals surface area contributed by atoms with Crippen molar-refractivity contribution < 1.29 is 19.8 Å². The third kappa shape index (κ3) is 1.96. The first-order valence-corrected chi connectivity index (χ1v) is 7.80. The largest absolute Gasteiger partial charge is 0.481 e. The highest BCUT2D eigenvalue weighted by Gasteiger charge is 2.70. The molecule has 0 spiro atoms. The minimum Gasteiger partial charge on any atom is -0.481 e. The van der Waals surface area contributed by atoms with Gasteiger partial charge in [-0.2, -0.15) is 0 Å². The van der Waals surface area contributed by atoms with Gasteiger partial charge in [-0.3, -0.25) is 9.59 Å². The van der Waals surface area contributed by atoms with E-state index in [1.165, 1.54) is 0 Å². The molecular weight excluding hydrogens is 278 g/mol. The van der Waals surface area contributed by atoms with Crippen LogP contribution >= 0.6 is 11.8 Å². The molecule has 1 saturated heterocycles. The molecule has 1 aliphatic heterocycles. The van der Waals surface area contributed by atoms with Crippen molar-refractivity contribution in [1.82, 2.24) is 0 Å². The molecule has 0 bridgehead atoms. The van der Waals surface area contributed by atoms with Crippen LogP contribution in [0.2, 0.25) is 0 Å². The van der Waals surface area contributed by atoms with E-state index in [-0.39, 0.29) is 0 Å². The van der Waals surface area contributed by atoms with Crippen LogP contribution in [0, 0.1) is 16.7 Å². The van der Waals surface area contributed by atoms with E-state index < -0.39 is 38.8 Å². The van der Waals surface area contributed by atoms with E-state index in [2.05, 4.69) is 0 Å². The Kier molecular flexibility index (Phi) is 4.52. The number of hydrogen-bond acceptors (Lipinski definition) is 4. The van der Waals surface area contributed by atoms with Crippen LogP contribution in [0.15, 0.2) is 0 Å². The van der Waals surface area contributed by atoms with Crippen molar-refractivity contribution in [3.8, 4) is 0 Å². The minimum absolute atomic E-state index is 0.333. The second-order valence-electron chi connectivity index (χ2n) is 6.49. The lowest BCUT2D eigenvalue weighted by Gasteiger charge is -2.44. The SMILES string of the molecule is CCC1C(CC)(C(=O)O)C(N)SC1(C(=O)O)C(C)(C)C.